The highest BCUT2D eigenvalue weighted by atomic mass is 35.5. The third-order valence-electron chi connectivity index (χ3n) is 6.32. The predicted molar refractivity (Wildman–Crippen MR) is 111 cm³/mol. The lowest BCUT2D eigenvalue weighted by atomic mass is 9.96. The van der Waals surface area contributed by atoms with Gasteiger partial charge in [-0.25, -0.2) is 0 Å². The molecular formula is C21H31ClN4O. The van der Waals surface area contributed by atoms with Gasteiger partial charge in [0.1, 0.15) is 0 Å². The summed E-state index contributed by atoms with van der Waals surface area (Å²) in [5.74, 6) is 1.77. The highest BCUT2D eigenvalue weighted by molar-refractivity contribution is 6.30. The van der Waals surface area contributed by atoms with Gasteiger partial charge in [-0.3, -0.25) is 9.89 Å². The van der Waals surface area contributed by atoms with Gasteiger partial charge in [-0.15, -0.1) is 0 Å². The number of hydrogen-bond donors (Lipinski definition) is 1. The smallest absolute Gasteiger partial charge is 0.193 e. The first-order valence-corrected chi connectivity index (χ1v) is 10.6. The van der Waals surface area contributed by atoms with Crippen LogP contribution in [0.5, 0.6) is 0 Å². The molecule has 1 aliphatic carbocycles. The number of rotatable bonds is 5. The lowest BCUT2D eigenvalue weighted by Crippen LogP contribution is -2.54. The van der Waals surface area contributed by atoms with E-state index in [2.05, 4.69) is 32.2 Å². The van der Waals surface area contributed by atoms with Crippen LogP contribution in [0.2, 0.25) is 5.02 Å². The largest absolute Gasteiger partial charge is 0.381 e. The van der Waals surface area contributed by atoms with Crippen molar-refractivity contribution in [2.24, 2.45) is 10.9 Å². The minimum Gasteiger partial charge on any atom is -0.381 e. The van der Waals surface area contributed by atoms with Gasteiger partial charge in [0.25, 0.3) is 0 Å². The molecule has 1 saturated carbocycles. The van der Waals surface area contributed by atoms with E-state index >= 15 is 0 Å². The monoisotopic (exact) mass is 390 g/mol. The molecule has 0 aromatic heterocycles. The molecule has 148 valence electrons. The average Bonchev–Trinajstić information content (AvgIpc) is 3.31. The second-order valence-electron chi connectivity index (χ2n) is 8.21. The molecule has 3 aliphatic rings. The first-order chi connectivity index (χ1) is 13.2. The molecule has 5 nitrogen and oxygen atoms in total. The van der Waals surface area contributed by atoms with Crippen LogP contribution in [0.1, 0.15) is 24.8 Å². The summed E-state index contributed by atoms with van der Waals surface area (Å²) in [7, 11) is 1.90. The number of halogens is 1. The minimum absolute atomic E-state index is 0.255. The standard InChI is InChI=1S/C21H31ClN4O/c1-23-20(24-16-21(7-8-21)18-2-4-19(22)5-3-18)26-11-9-25(10-12-26)14-17-6-13-27-15-17/h2-5,17H,6-16H2,1H3,(H,23,24). The average molecular weight is 391 g/mol. The molecule has 0 spiro atoms. The molecule has 0 amide bonds. The van der Waals surface area contributed by atoms with Crippen LogP contribution in [-0.4, -0.2) is 75.3 Å². The fourth-order valence-corrected chi connectivity index (χ4v) is 4.46. The Kier molecular flexibility index (Phi) is 5.90. The number of guanidine groups is 1. The minimum atomic E-state index is 0.255. The Balaban J connectivity index is 1.27. The summed E-state index contributed by atoms with van der Waals surface area (Å²) in [6.45, 7) is 8.31. The van der Waals surface area contributed by atoms with E-state index < -0.39 is 0 Å². The van der Waals surface area contributed by atoms with E-state index in [9.17, 15) is 0 Å². The summed E-state index contributed by atoms with van der Waals surface area (Å²) in [4.78, 5) is 9.54. The van der Waals surface area contributed by atoms with Crippen LogP contribution in [0.25, 0.3) is 0 Å². The van der Waals surface area contributed by atoms with Gasteiger partial charge in [0, 0.05) is 63.4 Å². The molecular weight excluding hydrogens is 360 g/mol. The molecule has 1 atom stereocenters. The molecule has 1 aromatic rings. The van der Waals surface area contributed by atoms with Crippen molar-refractivity contribution in [3.63, 3.8) is 0 Å². The maximum absolute atomic E-state index is 6.05. The van der Waals surface area contributed by atoms with Gasteiger partial charge in [-0.1, -0.05) is 23.7 Å². The van der Waals surface area contributed by atoms with Crippen molar-refractivity contribution in [1.82, 2.24) is 15.1 Å². The van der Waals surface area contributed by atoms with Crippen molar-refractivity contribution in [2.45, 2.75) is 24.7 Å². The van der Waals surface area contributed by atoms with Gasteiger partial charge >= 0.3 is 0 Å². The summed E-state index contributed by atoms with van der Waals surface area (Å²) in [6.07, 6.45) is 3.68. The van der Waals surface area contributed by atoms with Gasteiger partial charge in [-0.05, 0) is 42.9 Å². The second-order valence-corrected chi connectivity index (χ2v) is 8.64. The van der Waals surface area contributed by atoms with E-state index in [1.807, 2.05) is 19.2 Å². The maximum atomic E-state index is 6.05. The molecule has 4 rings (SSSR count). The summed E-state index contributed by atoms with van der Waals surface area (Å²) in [6, 6.07) is 8.34. The van der Waals surface area contributed by atoms with Crippen LogP contribution >= 0.6 is 11.6 Å². The molecule has 6 heteroatoms. The first-order valence-electron chi connectivity index (χ1n) is 10.2. The Labute approximate surface area is 167 Å². The lowest BCUT2D eigenvalue weighted by molar-refractivity contribution is 0.139. The molecule has 3 fully saturated rings. The number of benzene rings is 1. The Morgan fingerprint density at radius 1 is 1.22 bits per heavy atom. The van der Waals surface area contributed by atoms with E-state index in [0.717, 1.165) is 62.8 Å². The van der Waals surface area contributed by atoms with Gasteiger partial charge in [-0.2, -0.15) is 0 Å². The number of ether oxygens (including phenoxy) is 1. The molecule has 2 aliphatic heterocycles. The van der Waals surface area contributed by atoms with Crippen LogP contribution < -0.4 is 5.32 Å². The molecule has 1 N–H and O–H groups in total. The van der Waals surface area contributed by atoms with Gasteiger partial charge in [0.05, 0.1) is 6.61 Å². The maximum Gasteiger partial charge on any atom is 0.193 e. The topological polar surface area (TPSA) is 40.1 Å². The zero-order valence-electron chi connectivity index (χ0n) is 16.3. The molecule has 27 heavy (non-hydrogen) atoms. The van der Waals surface area contributed by atoms with E-state index in [0.29, 0.717) is 0 Å². The molecule has 0 radical (unpaired) electrons. The SMILES string of the molecule is CN=C(NCC1(c2ccc(Cl)cc2)CC1)N1CCN(CC2CCOC2)CC1. The van der Waals surface area contributed by atoms with Crippen molar-refractivity contribution < 1.29 is 4.74 Å². The third-order valence-corrected chi connectivity index (χ3v) is 6.57. The van der Waals surface area contributed by atoms with Crippen LogP contribution in [0.3, 0.4) is 0 Å². The Morgan fingerprint density at radius 3 is 2.56 bits per heavy atom. The summed E-state index contributed by atoms with van der Waals surface area (Å²) in [5, 5.41) is 4.45. The van der Waals surface area contributed by atoms with Gasteiger partial charge in [0.2, 0.25) is 0 Å². The number of nitrogens with zero attached hydrogens (tertiary/aromatic N) is 3. The first kappa shape index (κ1) is 19.0. The van der Waals surface area contributed by atoms with E-state index in [-0.39, 0.29) is 5.41 Å². The molecule has 0 bridgehead atoms. The lowest BCUT2D eigenvalue weighted by Gasteiger charge is -2.37. The van der Waals surface area contributed by atoms with Crippen molar-refractivity contribution in [3.8, 4) is 0 Å². The zero-order chi connectivity index (χ0) is 18.7. The predicted octanol–water partition coefficient (Wildman–Crippen LogP) is 2.60. The van der Waals surface area contributed by atoms with E-state index in [1.54, 1.807) is 0 Å². The van der Waals surface area contributed by atoms with Crippen molar-refractivity contribution in [3.05, 3.63) is 34.9 Å². The molecule has 2 heterocycles. The van der Waals surface area contributed by atoms with Gasteiger partial charge < -0.3 is 15.0 Å². The Bertz CT molecular complexity index is 645. The van der Waals surface area contributed by atoms with Crippen molar-refractivity contribution in [1.29, 1.82) is 0 Å². The molecule has 1 unspecified atom stereocenters. The fraction of sp³-hybridized carbons (Fsp3) is 0.667. The molecule has 2 saturated heterocycles. The highest BCUT2D eigenvalue weighted by Crippen LogP contribution is 2.47. The number of hydrogen-bond acceptors (Lipinski definition) is 3. The van der Waals surface area contributed by atoms with E-state index in [4.69, 9.17) is 16.3 Å². The zero-order valence-corrected chi connectivity index (χ0v) is 17.0. The summed E-state index contributed by atoms with van der Waals surface area (Å²) in [5.41, 5.74) is 1.64. The van der Waals surface area contributed by atoms with Crippen LogP contribution in [0.4, 0.5) is 0 Å². The quantitative estimate of drug-likeness (QED) is 0.619. The molecule has 1 aromatic carbocycles. The normalized spacial score (nSPS) is 25.6. The summed E-state index contributed by atoms with van der Waals surface area (Å²) >= 11 is 6.05. The Morgan fingerprint density at radius 2 is 1.96 bits per heavy atom. The second kappa shape index (κ2) is 8.38. The highest BCUT2D eigenvalue weighted by Gasteiger charge is 2.44. The number of piperazine rings is 1. The van der Waals surface area contributed by atoms with Crippen LogP contribution in [0, 0.1) is 5.92 Å². The number of aliphatic imine (C=N–C) groups is 1. The van der Waals surface area contributed by atoms with Gasteiger partial charge in [0.15, 0.2) is 5.96 Å². The third kappa shape index (κ3) is 4.58. The Hall–Kier alpha value is -1.30. The number of nitrogens with one attached hydrogen (secondary N) is 1. The van der Waals surface area contributed by atoms with Crippen molar-refractivity contribution in [2.75, 3.05) is 59.5 Å². The summed E-state index contributed by atoms with van der Waals surface area (Å²) < 4.78 is 5.51. The van der Waals surface area contributed by atoms with Crippen LogP contribution in [-0.2, 0) is 10.2 Å². The van der Waals surface area contributed by atoms with Crippen molar-refractivity contribution >= 4 is 17.6 Å². The van der Waals surface area contributed by atoms with E-state index in [1.165, 1.54) is 31.4 Å². The van der Waals surface area contributed by atoms with Crippen LogP contribution in [0.15, 0.2) is 29.3 Å². The fourth-order valence-electron chi connectivity index (χ4n) is 4.34.